The van der Waals surface area contributed by atoms with Crippen LogP contribution in [-0.4, -0.2) is 18.4 Å². The molecule has 0 aliphatic heterocycles. The predicted molar refractivity (Wildman–Crippen MR) is 66.2 cm³/mol. The van der Waals surface area contributed by atoms with E-state index in [2.05, 4.69) is 0 Å². The molecule has 0 aliphatic carbocycles. The third kappa shape index (κ3) is 2.88. The van der Waals surface area contributed by atoms with Crippen LogP contribution in [0.2, 0.25) is 5.02 Å². The van der Waals surface area contributed by atoms with Crippen molar-refractivity contribution in [2.45, 2.75) is 20.8 Å². The number of halogens is 2. The van der Waals surface area contributed by atoms with Crippen molar-refractivity contribution >= 4 is 23.4 Å². The average molecular weight is 273 g/mol. The number of hydrogen-bond donors (Lipinski definition) is 0. The molecular formula is C13H14ClFO3. The molecule has 0 spiro atoms. The van der Waals surface area contributed by atoms with Crippen molar-refractivity contribution in [1.29, 1.82) is 0 Å². The van der Waals surface area contributed by atoms with Gasteiger partial charge in [-0.2, -0.15) is 0 Å². The van der Waals surface area contributed by atoms with Crippen molar-refractivity contribution < 1.29 is 18.7 Å². The van der Waals surface area contributed by atoms with E-state index in [4.69, 9.17) is 16.3 Å². The van der Waals surface area contributed by atoms with Crippen LogP contribution in [0, 0.1) is 11.2 Å². The summed E-state index contributed by atoms with van der Waals surface area (Å²) >= 11 is 5.72. The van der Waals surface area contributed by atoms with Crippen LogP contribution in [0.3, 0.4) is 0 Å². The van der Waals surface area contributed by atoms with Gasteiger partial charge in [0.15, 0.2) is 5.78 Å². The second kappa shape index (κ2) is 5.48. The first-order valence-electron chi connectivity index (χ1n) is 5.47. The summed E-state index contributed by atoms with van der Waals surface area (Å²) in [7, 11) is 0. The van der Waals surface area contributed by atoms with E-state index in [-0.39, 0.29) is 17.2 Å². The third-order valence-electron chi connectivity index (χ3n) is 2.53. The normalized spacial score (nSPS) is 11.2. The van der Waals surface area contributed by atoms with E-state index in [0.717, 1.165) is 6.07 Å². The minimum absolute atomic E-state index is 0.160. The predicted octanol–water partition coefficient (Wildman–Crippen LogP) is 3.25. The van der Waals surface area contributed by atoms with Crippen molar-refractivity contribution in [1.82, 2.24) is 0 Å². The quantitative estimate of drug-likeness (QED) is 0.480. The Hall–Kier alpha value is -1.42. The fraction of sp³-hybridized carbons (Fsp3) is 0.385. The molecule has 0 saturated heterocycles. The number of esters is 1. The molecule has 1 aromatic rings. The van der Waals surface area contributed by atoms with E-state index < -0.39 is 23.0 Å². The molecule has 0 radical (unpaired) electrons. The number of rotatable bonds is 4. The molecule has 0 aliphatic rings. The highest BCUT2D eigenvalue weighted by atomic mass is 35.5. The first-order chi connectivity index (χ1) is 8.30. The van der Waals surface area contributed by atoms with Crippen molar-refractivity contribution in [2.24, 2.45) is 5.41 Å². The lowest BCUT2D eigenvalue weighted by Gasteiger charge is -2.21. The SMILES string of the molecule is CCOC(=O)C(C)(C)C(=O)c1cc(Cl)ccc1F. The van der Waals surface area contributed by atoms with Gasteiger partial charge in [0, 0.05) is 5.02 Å². The smallest absolute Gasteiger partial charge is 0.319 e. The van der Waals surface area contributed by atoms with Crippen LogP contribution in [0.1, 0.15) is 31.1 Å². The summed E-state index contributed by atoms with van der Waals surface area (Å²) in [5, 5.41) is 0.236. The Bertz CT molecular complexity index is 483. The second-order valence-corrected chi connectivity index (χ2v) is 4.74. The Kier molecular flexibility index (Phi) is 4.46. The molecule has 18 heavy (non-hydrogen) atoms. The fourth-order valence-electron chi connectivity index (χ4n) is 1.41. The van der Waals surface area contributed by atoms with E-state index in [0.29, 0.717) is 0 Å². The monoisotopic (exact) mass is 272 g/mol. The zero-order chi connectivity index (χ0) is 13.9. The zero-order valence-electron chi connectivity index (χ0n) is 10.4. The first-order valence-corrected chi connectivity index (χ1v) is 5.85. The zero-order valence-corrected chi connectivity index (χ0v) is 11.2. The molecule has 1 aromatic carbocycles. The molecule has 0 aromatic heterocycles. The summed E-state index contributed by atoms with van der Waals surface area (Å²) in [5.74, 6) is -2.04. The van der Waals surface area contributed by atoms with Crippen LogP contribution in [0.5, 0.6) is 0 Å². The van der Waals surface area contributed by atoms with Gasteiger partial charge in [-0.1, -0.05) is 11.6 Å². The minimum Gasteiger partial charge on any atom is -0.465 e. The molecule has 0 saturated carbocycles. The fourth-order valence-corrected chi connectivity index (χ4v) is 1.58. The van der Waals surface area contributed by atoms with Crippen LogP contribution in [0.15, 0.2) is 18.2 Å². The van der Waals surface area contributed by atoms with Crippen molar-refractivity contribution in [3.05, 3.63) is 34.6 Å². The Balaban J connectivity index is 3.13. The molecule has 0 unspecified atom stereocenters. The Morgan fingerprint density at radius 2 is 2.00 bits per heavy atom. The van der Waals surface area contributed by atoms with Gasteiger partial charge in [-0.3, -0.25) is 9.59 Å². The summed E-state index contributed by atoms with van der Waals surface area (Å²) in [5.41, 5.74) is -1.65. The molecule has 0 amide bonds. The molecule has 5 heteroatoms. The molecule has 1 rings (SSSR count). The van der Waals surface area contributed by atoms with Gasteiger partial charge in [0.25, 0.3) is 0 Å². The summed E-state index contributed by atoms with van der Waals surface area (Å²) in [6, 6.07) is 3.64. The molecule has 0 heterocycles. The van der Waals surface area contributed by atoms with Crippen LogP contribution < -0.4 is 0 Å². The number of benzene rings is 1. The van der Waals surface area contributed by atoms with E-state index in [1.54, 1.807) is 6.92 Å². The van der Waals surface area contributed by atoms with Gasteiger partial charge in [-0.25, -0.2) is 4.39 Å². The summed E-state index contributed by atoms with van der Waals surface area (Å²) in [4.78, 5) is 23.8. The Morgan fingerprint density at radius 3 is 2.56 bits per heavy atom. The molecule has 3 nitrogen and oxygen atoms in total. The van der Waals surface area contributed by atoms with Gasteiger partial charge in [-0.15, -0.1) is 0 Å². The first kappa shape index (κ1) is 14.6. The summed E-state index contributed by atoms with van der Waals surface area (Å²) < 4.78 is 18.4. The summed E-state index contributed by atoms with van der Waals surface area (Å²) in [6.45, 7) is 4.59. The summed E-state index contributed by atoms with van der Waals surface area (Å²) in [6.07, 6.45) is 0. The van der Waals surface area contributed by atoms with E-state index >= 15 is 0 Å². The molecular weight excluding hydrogens is 259 g/mol. The number of carbonyl (C=O) groups excluding carboxylic acids is 2. The second-order valence-electron chi connectivity index (χ2n) is 4.30. The lowest BCUT2D eigenvalue weighted by molar-refractivity contribution is -0.150. The van der Waals surface area contributed by atoms with Crippen LogP contribution in [0.4, 0.5) is 4.39 Å². The van der Waals surface area contributed by atoms with Crippen LogP contribution in [0.25, 0.3) is 0 Å². The number of carbonyl (C=O) groups is 2. The lowest BCUT2D eigenvalue weighted by atomic mass is 9.84. The molecule has 0 fully saturated rings. The molecule has 0 N–H and O–H groups in total. The number of ketones is 1. The number of ether oxygens (including phenoxy) is 1. The molecule has 98 valence electrons. The van der Waals surface area contributed by atoms with Crippen LogP contribution in [-0.2, 0) is 9.53 Å². The van der Waals surface area contributed by atoms with E-state index in [1.165, 1.54) is 26.0 Å². The van der Waals surface area contributed by atoms with E-state index in [1.807, 2.05) is 0 Å². The van der Waals surface area contributed by atoms with Gasteiger partial charge in [0.2, 0.25) is 0 Å². The highest BCUT2D eigenvalue weighted by molar-refractivity contribution is 6.31. The Morgan fingerprint density at radius 1 is 1.39 bits per heavy atom. The molecule has 0 atom stereocenters. The Labute approximate surface area is 110 Å². The average Bonchev–Trinajstić information content (AvgIpc) is 2.31. The maximum atomic E-state index is 13.6. The van der Waals surface area contributed by atoms with Crippen molar-refractivity contribution in [3.8, 4) is 0 Å². The van der Waals surface area contributed by atoms with E-state index in [9.17, 15) is 14.0 Å². The molecule has 0 bridgehead atoms. The van der Waals surface area contributed by atoms with Crippen molar-refractivity contribution in [3.63, 3.8) is 0 Å². The number of hydrogen-bond acceptors (Lipinski definition) is 3. The van der Waals surface area contributed by atoms with Gasteiger partial charge in [0.05, 0.1) is 12.2 Å². The maximum Gasteiger partial charge on any atom is 0.319 e. The third-order valence-corrected chi connectivity index (χ3v) is 2.76. The van der Waals surface area contributed by atoms with Crippen molar-refractivity contribution in [2.75, 3.05) is 6.61 Å². The highest BCUT2D eigenvalue weighted by Gasteiger charge is 2.39. The van der Waals surface area contributed by atoms with Crippen LogP contribution >= 0.6 is 11.6 Å². The van der Waals surface area contributed by atoms with Gasteiger partial charge in [0.1, 0.15) is 11.2 Å². The largest absolute Gasteiger partial charge is 0.465 e. The lowest BCUT2D eigenvalue weighted by Crippen LogP contribution is -2.35. The number of Topliss-reactive ketones (excluding diaryl/α,β-unsaturated/α-hetero) is 1. The highest BCUT2D eigenvalue weighted by Crippen LogP contribution is 2.26. The van der Waals surface area contributed by atoms with Gasteiger partial charge < -0.3 is 4.74 Å². The minimum atomic E-state index is -1.44. The maximum absolute atomic E-state index is 13.6. The van der Waals surface area contributed by atoms with Gasteiger partial charge in [-0.05, 0) is 39.0 Å². The standard InChI is InChI=1S/C13H14ClFO3/c1-4-18-12(17)13(2,3)11(16)9-7-8(14)5-6-10(9)15/h5-7H,4H2,1-3H3. The topological polar surface area (TPSA) is 43.4 Å². The van der Waals surface area contributed by atoms with Gasteiger partial charge >= 0.3 is 5.97 Å².